The lowest BCUT2D eigenvalue weighted by Crippen LogP contribution is -2.56. The zero-order valence-electron chi connectivity index (χ0n) is 20.8. The highest BCUT2D eigenvalue weighted by atomic mass is 19.1. The average molecular weight is 470 g/mol. The van der Waals surface area contributed by atoms with Crippen molar-refractivity contribution in [3.63, 3.8) is 0 Å². The Bertz CT molecular complexity index is 858. The summed E-state index contributed by atoms with van der Waals surface area (Å²) in [5.74, 6) is 2.67. The third-order valence-electron chi connectivity index (χ3n) is 9.26. The Labute approximate surface area is 203 Å². The van der Waals surface area contributed by atoms with Gasteiger partial charge in [0.05, 0.1) is 0 Å². The van der Waals surface area contributed by atoms with Crippen molar-refractivity contribution in [2.75, 3.05) is 31.1 Å². The number of rotatable bonds is 7. The third kappa shape index (κ3) is 4.96. The van der Waals surface area contributed by atoms with Crippen molar-refractivity contribution in [2.45, 2.75) is 71.3 Å². The van der Waals surface area contributed by atoms with Crippen LogP contribution in [0.1, 0.15) is 65.2 Å². The number of nitrogens with one attached hydrogen (secondary N) is 1. The molecule has 2 amide bonds. The van der Waals surface area contributed by atoms with Gasteiger partial charge in [0.15, 0.2) is 0 Å². The maximum absolute atomic E-state index is 13.2. The number of benzene rings is 1. The first-order valence-corrected chi connectivity index (χ1v) is 13.4. The maximum Gasteiger partial charge on any atom is 0.222 e. The largest absolute Gasteiger partial charge is 0.368 e. The summed E-state index contributed by atoms with van der Waals surface area (Å²) in [6.07, 6.45) is 8.94. The fourth-order valence-corrected chi connectivity index (χ4v) is 7.84. The molecule has 186 valence electrons. The topological polar surface area (TPSA) is 52.7 Å². The normalized spacial score (nSPS) is 31.9. The van der Waals surface area contributed by atoms with Crippen molar-refractivity contribution < 1.29 is 14.0 Å². The van der Waals surface area contributed by atoms with E-state index in [0.717, 1.165) is 36.5 Å². The quantitative estimate of drug-likeness (QED) is 0.634. The minimum absolute atomic E-state index is 0.0335. The van der Waals surface area contributed by atoms with Gasteiger partial charge in [0.25, 0.3) is 0 Å². The molecule has 0 aromatic heterocycles. The molecule has 0 radical (unpaired) electrons. The standard InChI is InChI=1S/C28H40FN3O2/c1-19(12-27(34)32-9-7-31(8-10-32)25-5-3-24(29)4-6-25)11-26(33)30-20(2)28-16-21-13-22(17-28)15-23(14-21)18-28/h3-6,19-23H,7-18H2,1-2H3,(H,30,33). The smallest absolute Gasteiger partial charge is 0.222 e. The van der Waals surface area contributed by atoms with Gasteiger partial charge in [0, 0.05) is 50.7 Å². The molecule has 1 saturated heterocycles. The van der Waals surface area contributed by atoms with Gasteiger partial charge in [-0.2, -0.15) is 0 Å². The predicted molar refractivity (Wildman–Crippen MR) is 132 cm³/mol. The second-order valence-electron chi connectivity index (χ2n) is 11.9. The molecular formula is C28H40FN3O2. The number of carbonyl (C=O) groups excluding carboxylic acids is 2. The Hall–Kier alpha value is -2.11. The molecule has 1 N–H and O–H groups in total. The third-order valence-corrected chi connectivity index (χ3v) is 9.26. The van der Waals surface area contributed by atoms with Crippen molar-refractivity contribution in [3.05, 3.63) is 30.1 Å². The molecule has 1 aliphatic heterocycles. The molecule has 34 heavy (non-hydrogen) atoms. The lowest BCUT2D eigenvalue weighted by atomic mass is 9.48. The molecule has 2 unspecified atom stereocenters. The molecule has 0 spiro atoms. The van der Waals surface area contributed by atoms with Crippen molar-refractivity contribution in [2.24, 2.45) is 29.1 Å². The molecular weight excluding hydrogens is 429 g/mol. The van der Waals surface area contributed by atoms with E-state index >= 15 is 0 Å². The van der Waals surface area contributed by atoms with E-state index in [9.17, 15) is 14.0 Å². The van der Waals surface area contributed by atoms with E-state index in [4.69, 9.17) is 0 Å². The molecule has 4 bridgehead atoms. The second kappa shape index (κ2) is 9.50. The number of nitrogens with zero attached hydrogens (tertiary/aromatic N) is 2. The molecule has 6 rings (SSSR count). The van der Waals surface area contributed by atoms with Crippen LogP contribution in [0.4, 0.5) is 10.1 Å². The van der Waals surface area contributed by atoms with Crippen LogP contribution < -0.4 is 10.2 Å². The Balaban J connectivity index is 1.06. The van der Waals surface area contributed by atoms with Crippen LogP contribution in [0.2, 0.25) is 0 Å². The molecule has 5 aliphatic rings. The number of hydrogen-bond acceptors (Lipinski definition) is 3. The minimum atomic E-state index is -0.233. The summed E-state index contributed by atoms with van der Waals surface area (Å²) in [6.45, 7) is 7.06. The van der Waals surface area contributed by atoms with Crippen LogP contribution in [0.3, 0.4) is 0 Å². The Morgan fingerprint density at radius 1 is 0.941 bits per heavy atom. The molecule has 5 fully saturated rings. The van der Waals surface area contributed by atoms with Gasteiger partial charge in [0.1, 0.15) is 5.82 Å². The summed E-state index contributed by atoms with van der Waals surface area (Å²) in [6, 6.07) is 6.76. The fraction of sp³-hybridized carbons (Fsp3) is 0.714. The van der Waals surface area contributed by atoms with Gasteiger partial charge in [-0.1, -0.05) is 6.92 Å². The fourth-order valence-electron chi connectivity index (χ4n) is 7.84. The minimum Gasteiger partial charge on any atom is -0.368 e. The highest BCUT2D eigenvalue weighted by Gasteiger charge is 2.53. The second-order valence-corrected chi connectivity index (χ2v) is 11.9. The van der Waals surface area contributed by atoms with E-state index < -0.39 is 0 Å². The van der Waals surface area contributed by atoms with E-state index in [0.29, 0.717) is 31.3 Å². The summed E-state index contributed by atoms with van der Waals surface area (Å²) < 4.78 is 13.2. The molecule has 2 atom stereocenters. The number of anilines is 1. The Kier molecular flexibility index (Phi) is 6.60. The van der Waals surface area contributed by atoms with Gasteiger partial charge >= 0.3 is 0 Å². The Morgan fingerprint density at radius 3 is 2.06 bits per heavy atom. The SMILES string of the molecule is CC(CC(=O)NC(C)C12CC3CC(CC(C3)C1)C2)CC(=O)N1CCN(c2ccc(F)cc2)CC1. The van der Waals surface area contributed by atoms with Crippen LogP contribution in [0.15, 0.2) is 24.3 Å². The first-order chi connectivity index (χ1) is 16.3. The van der Waals surface area contributed by atoms with Crippen LogP contribution in [0.5, 0.6) is 0 Å². The van der Waals surface area contributed by atoms with E-state index in [-0.39, 0.29) is 29.6 Å². The lowest BCUT2D eigenvalue weighted by molar-refractivity contribution is -0.133. The zero-order chi connectivity index (χ0) is 23.9. The van der Waals surface area contributed by atoms with Crippen molar-refractivity contribution in [3.8, 4) is 0 Å². The monoisotopic (exact) mass is 469 g/mol. The van der Waals surface area contributed by atoms with Gasteiger partial charge in [-0.05, 0) is 98.8 Å². The molecule has 1 aromatic carbocycles. The summed E-state index contributed by atoms with van der Waals surface area (Å²) in [5, 5.41) is 3.35. The van der Waals surface area contributed by atoms with Crippen LogP contribution >= 0.6 is 0 Å². The number of halogens is 1. The lowest BCUT2D eigenvalue weighted by Gasteiger charge is -2.59. The summed E-state index contributed by atoms with van der Waals surface area (Å²) in [7, 11) is 0. The maximum atomic E-state index is 13.2. The predicted octanol–water partition coefficient (Wildman–Crippen LogP) is 4.61. The van der Waals surface area contributed by atoms with E-state index in [2.05, 4.69) is 17.1 Å². The zero-order valence-corrected chi connectivity index (χ0v) is 20.8. The highest BCUT2D eigenvalue weighted by molar-refractivity contribution is 5.80. The highest BCUT2D eigenvalue weighted by Crippen LogP contribution is 2.61. The van der Waals surface area contributed by atoms with Gasteiger partial charge in [-0.15, -0.1) is 0 Å². The molecule has 4 saturated carbocycles. The molecule has 1 aromatic rings. The van der Waals surface area contributed by atoms with Crippen molar-refractivity contribution in [1.82, 2.24) is 10.2 Å². The van der Waals surface area contributed by atoms with Crippen molar-refractivity contribution in [1.29, 1.82) is 0 Å². The van der Waals surface area contributed by atoms with E-state index in [1.54, 1.807) is 12.1 Å². The molecule has 5 nitrogen and oxygen atoms in total. The van der Waals surface area contributed by atoms with Gasteiger partial charge in [0.2, 0.25) is 11.8 Å². The van der Waals surface area contributed by atoms with E-state index in [1.165, 1.54) is 50.7 Å². The van der Waals surface area contributed by atoms with E-state index in [1.807, 2.05) is 11.8 Å². The first-order valence-electron chi connectivity index (χ1n) is 13.4. The Morgan fingerprint density at radius 2 is 1.50 bits per heavy atom. The van der Waals surface area contributed by atoms with Crippen LogP contribution in [0.25, 0.3) is 0 Å². The van der Waals surface area contributed by atoms with Crippen LogP contribution in [-0.2, 0) is 9.59 Å². The summed E-state index contributed by atoms with van der Waals surface area (Å²) >= 11 is 0. The summed E-state index contributed by atoms with van der Waals surface area (Å²) in [4.78, 5) is 29.8. The number of piperazine rings is 1. The number of carbonyl (C=O) groups is 2. The molecule has 1 heterocycles. The van der Waals surface area contributed by atoms with Gasteiger partial charge in [-0.3, -0.25) is 9.59 Å². The molecule has 6 heteroatoms. The first kappa shape index (κ1) is 23.6. The molecule has 4 aliphatic carbocycles. The van der Waals surface area contributed by atoms with Crippen molar-refractivity contribution >= 4 is 17.5 Å². The summed E-state index contributed by atoms with van der Waals surface area (Å²) in [5.41, 5.74) is 1.31. The average Bonchev–Trinajstić information content (AvgIpc) is 2.78. The van der Waals surface area contributed by atoms with Crippen LogP contribution in [0, 0.1) is 34.9 Å². The number of hydrogen-bond donors (Lipinski definition) is 1. The number of amides is 2. The van der Waals surface area contributed by atoms with Crippen LogP contribution in [-0.4, -0.2) is 48.9 Å². The van der Waals surface area contributed by atoms with Gasteiger partial charge < -0.3 is 15.1 Å². The van der Waals surface area contributed by atoms with Gasteiger partial charge in [-0.25, -0.2) is 4.39 Å².